The minimum atomic E-state index is -0.193. The molecule has 1 aliphatic rings. The van der Waals surface area contributed by atoms with E-state index in [-0.39, 0.29) is 11.2 Å². The Kier molecular flexibility index (Phi) is 7.90. The standard InChI is InChI=1S/C23H27N3O3S/c1-4-12-29-19-11-10-18(13-20(19)28-3)15-24-26-23-25-22(27)21(30-23)14-17-8-6-16(5-2)7-9-17/h6-11,13,15,21H,4-5,12,14H2,1-3H3,(H,25,26,27)/b24-15+. The normalized spacial score (nSPS) is 17.5. The van der Waals surface area contributed by atoms with Gasteiger partial charge in [0.15, 0.2) is 16.7 Å². The monoisotopic (exact) mass is 425 g/mol. The molecule has 30 heavy (non-hydrogen) atoms. The third-order valence-corrected chi connectivity index (χ3v) is 5.71. The molecule has 2 aromatic rings. The molecule has 0 radical (unpaired) electrons. The molecule has 1 amide bonds. The number of carbonyl (C=O) groups is 1. The highest BCUT2D eigenvalue weighted by molar-refractivity contribution is 8.15. The summed E-state index contributed by atoms with van der Waals surface area (Å²) in [7, 11) is 1.61. The number of aryl methyl sites for hydroxylation is 1. The third-order valence-electron chi connectivity index (χ3n) is 4.63. The van der Waals surface area contributed by atoms with Gasteiger partial charge in [-0.15, -0.1) is 5.10 Å². The Labute approximate surface area is 181 Å². The molecule has 1 saturated heterocycles. The lowest BCUT2D eigenvalue weighted by molar-refractivity contribution is -0.118. The first kappa shape index (κ1) is 21.9. The topological polar surface area (TPSA) is 72.3 Å². The quantitative estimate of drug-likeness (QED) is 0.483. The van der Waals surface area contributed by atoms with Crippen LogP contribution in [0.25, 0.3) is 0 Å². The van der Waals surface area contributed by atoms with Crippen LogP contribution in [-0.4, -0.2) is 36.3 Å². The van der Waals surface area contributed by atoms with Crippen LogP contribution in [0.3, 0.4) is 0 Å². The number of hydrogen-bond donors (Lipinski definition) is 1. The van der Waals surface area contributed by atoms with Gasteiger partial charge in [-0.25, -0.2) is 0 Å². The van der Waals surface area contributed by atoms with Gasteiger partial charge in [-0.3, -0.25) is 4.79 Å². The largest absolute Gasteiger partial charge is 0.493 e. The van der Waals surface area contributed by atoms with Crippen molar-refractivity contribution < 1.29 is 14.3 Å². The van der Waals surface area contributed by atoms with Crippen molar-refractivity contribution in [1.29, 1.82) is 0 Å². The molecule has 2 aromatic carbocycles. The first-order chi connectivity index (χ1) is 14.6. The van der Waals surface area contributed by atoms with Crippen LogP contribution in [0.1, 0.15) is 37.0 Å². The molecule has 7 heteroatoms. The number of thioether (sulfide) groups is 1. The van der Waals surface area contributed by atoms with Gasteiger partial charge in [-0.05, 0) is 54.2 Å². The van der Waals surface area contributed by atoms with Gasteiger partial charge < -0.3 is 14.8 Å². The summed E-state index contributed by atoms with van der Waals surface area (Å²) in [6, 6.07) is 14.0. The van der Waals surface area contributed by atoms with E-state index >= 15 is 0 Å². The van der Waals surface area contributed by atoms with Crippen LogP contribution in [0.2, 0.25) is 0 Å². The number of rotatable bonds is 9. The molecule has 0 saturated carbocycles. The zero-order chi connectivity index (χ0) is 21.3. The molecule has 1 N–H and O–H groups in total. The van der Waals surface area contributed by atoms with E-state index in [1.54, 1.807) is 13.3 Å². The smallest absolute Gasteiger partial charge is 0.239 e. The van der Waals surface area contributed by atoms with Crippen molar-refractivity contribution in [3.63, 3.8) is 0 Å². The Hall–Kier alpha value is -2.80. The fraction of sp³-hybridized carbons (Fsp3) is 0.348. The summed E-state index contributed by atoms with van der Waals surface area (Å²) in [4.78, 5) is 12.3. The van der Waals surface area contributed by atoms with Crippen molar-refractivity contribution in [2.75, 3.05) is 13.7 Å². The van der Waals surface area contributed by atoms with Crippen LogP contribution in [0.15, 0.2) is 52.7 Å². The van der Waals surface area contributed by atoms with Crippen molar-refractivity contribution in [2.45, 2.75) is 38.4 Å². The van der Waals surface area contributed by atoms with Gasteiger partial charge in [0.2, 0.25) is 5.91 Å². The Morgan fingerprint density at radius 1 is 1.10 bits per heavy atom. The number of amides is 1. The second kappa shape index (κ2) is 10.8. The third kappa shape index (κ3) is 5.86. The van der Waals surface area contributed by atoms with Gasteiger partial charge in [0, 0.05) is 0 Å². The Morgan fingerprint density at radius 2 is 1.87 bits per heavy atom. The van der Waals surface area contributed by atoms with Crippen LogP contribution >= 0.6 is 11.8 Å². The van der Waals surface area contributed by atoms with E-state index in [0.29, 0.717) is 29.7 Å². The first-order valence-corrected chi connectivity index (χ1v) is 11.0. The number of carbonyl (C=O) groups excluding carboxylic acids is 1. The molecule has 0 bridgehead atoms. The summed E-state index contributed by atoms with van der Waals surface area (Å²) in [5, 5.41) is 11.4. The van der Waals surface area contributed by atoms with Gasteiger partial charge in [0.25, 0.3) is 0 Å². The van der Waals surface area contributed by atoms with E-state index in [9.17, 15) is 4.79 Å². The Bertz CT molecular complexity index is 926. The molecule has 0 aromatic heterocycles. The van der Waals surface area contributed by atoms with Crippen molar-refractivity contribution in [3.8, 4) is 11.5 Å². The highest BCUT2D eigenvalue weighted by Gasteiger charge is 2.30. The van der Waals surface area contributed by atoms with Gasteiger partial charge in [0.05, 0.1) is 25.2 Å². The second-order valence-electron chi connectivity index (χ2n) is 6.88. The summed E-state index contributed by atoms with van der Waals surface area (Å²) in [5.74, 6) is 1.32. The first-order valence-electron chi connectivity index (χ1n) is 10.1. The minimum absolute atomic E-state index is 0.0346. The lowest BCUT2D eigenvalue weighted by Gasteiger charge is -2.10. The number of amidine groups is 1. The van der Waals surface area contributed by atoms with Crippen LogP contribution in [0, 0.1) is 0 Å². The molecule has 1 atom stereocenters. The van der Waals surface area contributed by atoms with Crippen molar-refractivity contribution >= 4 is 29.1 Å². The molecule has 0 aliphatic carbocycles. The molecular weight excluding hydrogens is 398 g/mol. The van der Waals surface area contributed by atoms with Crippen molar-refractivity contribution in [3.05, 3.63) is 59.2 Å². The van der Waals surface area contributed by atoms with E-state index in [0.717, 1.165) is 24.0 Å². The predicted octanol–water partition coefficient (Wildman–Crippen LogP) is 4.21. The number of hydrogen-bond acceptors (Lipinski definition) is 6. The second-order valence-corrected chi connectivity index (χ2v) is 8.07. The Balaban J connectivity index is 1.60. The number of benzene rings is 2. The maximum absolute atomic E-state index is 12.3. The number of ether oxygens (including phenoxy) is 2. The zero-order valence-electron chi connectivity index (χ0n) is 17.6. The van der Waals surface area contributed by atoms with Crippen LogP contribution in [-0.2, 0) is 17.6 Å². The molecule has 1 unspecified atom stereocenters. The molecule has 0 spiro atoms. The van der Waals surface area contributed by atoms with Crippen LogP contribution in [0.4, 0.5) is 0 Å². The average molecular weight is 426 g/mol. The van der Waals surface area contributed by atoms with Gasteiger partial charge in [-0.1, -0.05) is 49.9 Å². The highest BCUT2D eigenvalue weighted by Crippen LogP contribution is 2.28. The number of nitrogens with one attached hydrogen (secondary N) is 1. The molecule has 6 nitrogen and oxygen atoms in total. The fourth-order valence-electron chi connectivity index (χ4n) is 2.96. The van der Waals surface area contributed by atoms with Gasteiger partial charge in [0.1, 0.15) is 0 Å². The van der Waals surface area contributed by atoms with E-state index < -0.39 is 0 Å². The summed E-state index contributed by atoms with van der Waals surface area (Å²) < 4.78 is 11.0. The summed E-state index contributed by atoms with van der Waals surface area (Å²) in [6.07, 6.45) is 4.23. The number of nitrogens with zero attached hydrogens (tertiary/aromatic N) is 2. The average Bonchev–Trinajstić information content (AvgIpc) is 3.12. The molecule has 158 valence electrons. The van der Waals surface area contributed by atoms with E-state index in [4.69, 9.17) is 9.47 Å². The maximum Gasteiger partial charge on any atom is 0.239 e. The maximum atomic E-state index is 12.3. The van der Waals surface area contributed by atoms with Crippen molar-refractivity contribution in [1.82, 2.24) is 5.32 Å². The van der Waals surface area contributed by atoms with E-state index in [1.807, 2.05) is 18.2 Å². The fourth-order valence-corrected chi connectivity index (χ4v) is 3.92. The van der Waals surface area contributed by atoms with Crippen LogP contribution < -0.4 is 14.8 Å². The molecule has 3 rings (SSSR count). The summed E-state index contributed by atoms with van der Waals surface area (Å²) in [5.41, 5.74) is 3.27. The molecular formula is C23H27N3O3S. The van der Waals surface area contributed by atoms with Gasteiger partial charge in [-0.2, -0.15) is 5.10 Å². The molecule has 1 fully saturated rings. The van der Waals surface area contributed by atoms with Gasteiger partial charge >= 0.3 is 0 Å². The zero-order valence-corrected chi connectivity index (χ0v) is 18.4. The predicted molar refractivity (Wildman–Crippen MR) is 123 cm³/mol. The molecule has 1 heterocycles. The lowest BCUT2D eigenvalue weighted by atomic mass is 10.1. The van der Waals surface area contributed by atoms with E-state index in [2.05, 4.69) is 53.6 Å². The SMILES string of the molecule is CCCOc1ccc(/C=N/N=C2\NC(=O)C(Cc3ccc(CC)cc3)S2)cc1OC. The summed E-state index contributed by atoms with van der Waals surface area (Å²) >= 11 is 1.41. The van der Waals surface area contributed by atoms with E-state index in [1.165, 1.54) is 17.3 Å². The Morgan fingerprint density at radius 3 is 2.57 bits per heavy atom. The summed E-state index contributed by atoms with van der Waals surface area (Å²) in [6.45, 7) is 4.82. The van der Waals surface area contributed by atoms with Crippen LogP contribution in [0.5, 0.6) is 11.5 Å². The molecule has 1 aliphatic heterocycles. The minimum Gasteiger partial charge on any atom is -0.493 e. The lowest BCUT2D eigenvalue weighted by Crippen LogP contribution is -2.25. The number of methoxy groups -OCH3 is 1. The highest BCUT2D eigenvalue weighted by atomic mass is 32.2. The van der Waals surface area contributed by atoms with Crippen molar-refractivity contribution in [2.24, 2.45) is 10.2 Å².